The zero-order valence-corrected chi connectivity index (χ0v) is 28.0. The summed E-state index contributed by atoms with van der Waals surface area (Å²) in [7, 11) is 0. The Kier molecular flexibility index (Phi) is 20.7. The molecule has 0 aromatic carbocycles. The van der Waals surface area contributed by atoms with Gasteiger partial charge in [-0.3, -0.25) is 4.79 Å². The fourth-order valence-electron chi connectivity index (χ4n) is 5.70. The van der Waals surface area contributed by atoms with Crippen LogP contribution in [0.15, 0.2) is 12.2 Å². The largest absolute Gasteiger partial charge is 0.394 e. The maximum absolute atomic E-state index is 12.7. The fraction of sp³-hybridized carbons (Fsp3) is 0.909. The van der Waals surface area contributed by atoms with E-state index < -0.39 is 86.8 Å². The molecule has 2 fully saturated rings. The van der Waals surface area contributed by atoms with Crippen LogP contribution >= 0.6 is 0 Å². The van der Waals surface area contributed by atoms with E-state index in [1.807, 2.05) is 6.08 Å². The van der Waals surface area contributed by atoms with Crippen molar-refractivity contribution >= 4 is 5.91 Å². The molecule has 12 atom stereocenters. The van der Waals surface area contributed by atoms with Crippen molar-refractivity contribution in [2.75, 3.05) is 19.8 Å². The number of carbonyl (C=O) groups excluding carboxylic acids is 1. The highest BCUT2D eigenvalue weighted by atomic mass is 16.7. The van der Waals surface area contributed by atoms with E-state index in [0.717, 1.165) is 38.5 Å². The van der Waals surface area contributed by atoms with Crippen LogP contribution in [0.25, 0.3) is 0 Å². The van der Waals surface area contributed by atoms with Crippen LogP contribution in [0, 0.1) is 0 Å². The standard InChI is InChI=1S/C33H61NO13/c1-3-5-7-9-10-11-12-13-14-16-22(37)21(34-25(38)17-15-8-6-4-2)20-44-32-30(43)28(41)31(24(19-36)46-32)47-33-29(42)27(40)26(39)23(18-35)45-33/h14,16,21-24,26-33,35-37,39-43H,3-13,15,17-20H2,1-2H3,(H,34,38)/b16-14+. The summed E-state index contributed by atoms with van der Waals surface area (Å²) in [6, 6.07) is -0.900. The van der Waals surface area contributed by atoms with Gasteiger partial charge >= 0.3 is 0 Å². The lowest BCUT2D eigenvalue weighted by Crippen LogP contribution is -2.65. The second-order valence-electron chi connectivity index (χ2n) is 12.7. The first-order chi connectivity index (χ1) is 22.6. The first-order valence-electron chi connectivity index (χ1n) is 17.4. The normalized spacial score (nSPS) is 32.8. The molecular formula is C33H61NO13. The second kappa shape index (κ2) is 23.2. The van der Waals surface area contributed by atoms with Gasteiger partial charge in [-0.1, -0.05) is 83.8 Å². The number of rotatable bonds is 23. The summed E-state index contributed by atoms with van der Waals surface area (Å²) in [5.74, 6) is -0.263. The van der Waals surface area contributed by atoms with E-state index in [1.165, 1.54) is 32.1 Å². The molecule has 14 heteroatoms. The van der Waals surface area contributed by atoms with Crippen molar-refractivity contribution in [3.63, 3.8) is 0 Å². The fourth-order valence-corrected chi connectivity index (χ4v) is 5.70. The predicted octanol–water partition coefficient (Wildman–Crippen LogP) is 0.140. The molecule has 276 valence electrons. The average Bonchev–Trinajstić information content (AvgIpc) is 3.06. The minimum Gasteiger partial charge on any atom is -0.394 e. The number of hydrogen-bond acceptors (Lipinski definition) is 13. The topological polar surface area (TPSA) is 228 Å². The van der Waals surface area contributed by atoms with Gasteiger partial charge in [0.1, 0.15) is 48.8 Å². The number of unbranched alkanes of at least 4 members (excludes halogenated alkanes) is 10. The SMILES string of the molecule is CCCCCCCCC/C=C/C(O)C(COC1OC(CO)C(OC2OC(CO)C(O)C(O)C2O)C(O)C1O)NC(=O)CCCCCC. The molecule has 0 aromatic rings. The molecule has 0 aliphatic carbocycles. The van der Waals surface area contributed by atoms with Gasteiger partial charge in [0.05, 0.1) is 32.0 Å². The van der Waals surface area contributed by atoms with Gasteiger partial charge in [-0.25, -0.2) is 0 Å². The molecule has 1 amide bonds. The summed E-state index contributed by atoms with van der Waals surface area (Å²) in [6.07, 6.45) is -0.615. The summed E-state index contributed by atoms with van der Waals surface area (Å²) in [6.45, 7) is 2.55. The van der Waals surface area contributed by atoms with E-state index in [1.54, 1.807) is 6.08 Å². The van der Waals surface area contributed by atoms with E-state index in [0.29, 0.717) is 6.42 Å². The van der Waals surface area contributed by atoms with E-state index >= 15 is 0 Å². The predicted molar refractivity (Wildman–Crippen MR) is 171 cm³/mol. The summed E-state index contributed by atoms with van der Waals surface area (Å²) in [5.41, 5.74) is 0. The molecule has 9 N–H and O–H groups in total. The van der Waals surface area contributed by atoms with Gasteiger partial charge in [0.2, 0.25) is 5.91 Å². The monoisotopic (exact) mass is 679 g/mol. The maximum Gasteiger partial charge on any atom is 0.220 e. The Labute approximate surface area is 278 Å². The summed E-state index contributed by atoms with van der Waals surface area (Å²) >= 11 is 0. The van der Waals surface area contributed by atoms with Gasteiger partial charge < -0.3 is 65.1 Å². The highest BCUT2D eigenvalue weighted by Crippen LogP contribution is 2.29. The first-order valence-corrected chi connectivity index (χ1v) is 17.4. The van der Waals surface area contributed by atoms with Gasteiger partial charge in [0, 0.05) is 6.42 Å². The Morgan fingerprint density at radius 2 is 1.32 bits per heavy atom. The third-order valence-electron chi connectivity index (χ3n) is 8.72. The molecule has 2 aliphatic rings. The van der Waals surface area contributed by atoms with Crippen LogP contribution in [0.2, 0.25) is 0 Å². The molecule has 14 nitrogen and oxygen atoms in total. The van der Waals surface area contributed by atoms with Crippen LogP contribution in [0.4, 0.5) is 0 Å². The van der Waals surface area contributed by atoms with Gasteiger partial charge in [0.15, 0.2) is 12.6 Å². The first kappa shape index (κ1) is 41.9. The molecule has 0 saturated carbocycles. The number of hydrogen-bond donors (Lipinski definition) is 9. The van der Waals surface area contributed by atoms with Crippen molar-refractivity contribution in [1.82, 2.24) is 5.32 Å². The third kappa shape index (κ3) is 13.9. The Morgan fingerprint density at radius 1 is 0.745 bits per heavy atom. The van der Waals surface area contributed by atoms with E-state index in [4.69, 9.17) is 18.9 Å². The molecular weight excluding hydrogens is 618 g/mol. The summed E-state index contributed by atoms with van der Waals surface area (Å²) in [5, 5.41) is 85.4. The number of aliphatic hydroxyl groups excluding tert-OH is 8. The zero-order chi connectivity index (χ0) is 34.8. The molecule has 2 saturated heterocycles. The third-order valence-corrected chi connectivity index (χ3v) is 8.72. The van der Waals surface area contributed by atoms with Crippen molar-refractivity contribution in [2.45, 2.75) is 171 Å². The quantitative estimate of drug-likeness (QED) is 0.0518. The smallest absolute Gasteiger partial charge is 0.220 e. The maximum atomic E-state index is 12.7. The van der Waals surface area contributed by atoms with Crippen molar-refractivity contribution in [2.24, 2.45) is 0 Å². The number of amides is 1. The number of allylic oxidation sites excluding steroid dienone is 1. The van der Waals surface area contributed by atoms with Gasteiger partial charge in [-0.05, 0) is 19.3 Å². The molecule has 2 rings (SSSR count). The van der Waals surface area contributed by atoms with Crippen molar-refractivity contribution in [3.8, 4) is 0 Å². The molecule has 0 spiro atoms. The lowest BCUT2D eigenvalue weighted by molar-refractivity contribution is -0.359. The zero-order valence-electron chi connectivity index (χ0n) is 28.0. The van der Waals surface area contributed by atoms with Crippen LogP contribution in [0.1, 0.15) is 97.3 Å². The van der Waals surface area contributed by atoms with Gasteiger partial charge in [0.25, 0.3) is 0 Å². The number of nitrogens with one attached hydrogen (secondary N) is 1. The molecule has 0 aromatic heterocycles. The Balaban J connectivity index is 2.01. The van der Waals surface area contributed by atoms with Crippen LogP contribution in [-0.2, 0) is 23.7 Å². The minimum atomic E-state index is -1.78. The number of ether oxygens (including phenoxy) is 4. The number of aliphatic hydroxyl groups is 8. The van der Waals surface area contributed by atoms with Crippen LogP contribution < -0.4 is 5.32 Å². The molecule has 0 bridgehead atoms. The van der Waals surface area contributed by atoms with Crippen LogP contribution in [-0.4, -0.2) is 140 Å². The van der Waals surface area contributed by atoms with E-state index in [9.17, 15) is 45.6 Å². The average molecular weight is 680 g/mol. The second-order valence-corrected chi connectivity index (χ2v) is 12.7. The minimum absolute atomic E-state index is 0.263. The number of carbonyl (C=O) groups is 1. The highest BCUT2D eigenvalue weighted by molar-refractivity contribution is 5.76. The summed E-state index contributed by atoms with van der Waals surface area (Å²) < 4.78 is 22.3. The Bertz CT molecular complexity index is 862. The van der Waals surface area contributed by atoms with Crippen molar-refractivity contribution in [1.29, 1.82) is 0 Å². The van der Waals surface area contributed by atoms with Crippen LogP contribution in [0.3, 0.4) is 0 Å². The molecule has 0 radical (unpaired) electrons. The van der Waals surface area contributed by atoms with Crippen molar-refractivity contribution < 1.29 is 64.6 Å². The summed E-state index contributed by atoms with van der Waals surface area (Å²) in [4.78, 5) is 12.7. The highest BCUT2D eigenvalue weighted by Gasteiger charge is 2.50. The lowest BCUT2D eigenvalue weighted by atomic mass is 9.97. The molecule has 12 unspecified atom stereocenters. The van der Waals surface area contributed by atoms with Crippen molar-refractivity contribution in [3.05, 3.63) is 12.2 Å². The van der Waals surface area contributed by atoms with Crippen LogP contribution in [0.5, 0.6) is 0 Å². The van der Waals surface area contributed by atoms with E-state index in [2.05, 4.69) is 19.2 Å². The van der Waals surface area contributed by atoms with Gasteiger partial charge in [-0.15, -0.1) is 0 Å². The Morgan fingerprint density at radius 3 is 1.96 bits per heavy atom. The van der Waals surface area contributed by atoms with E-state index in [-0.39, 0.29) is 18.9 Å². The molecule has 2 heterocycles. The molecule has 2 aliphatic heterocycles. The van der Waals surface area contributed by atoms with Gasteiger partial charge in [-0.2, -0.15) is 0 Å². The molecule has 47 heavy (non-hydrogen) atoms. The Hall–Kier alpha value is -1.27. The lowest BCUT2D eigenvalue weighted by Gasteiger charge is -2.46.